The Morgan fingerprint density at radius 3 is 2.83 bits per heavy atom. The average Bonchev–Trinajstić information content (AvgIpc) is 2.90. The first-order chi connectivity index (χ1) is 11.6. The van der Waals surface area contributed by atoms with E-state index >= 15 is 0 Å². The van der Waals surface area contributed by atoms with Crippen molar-refractivity contribution in [3.63, 3.8) is 0 Å². The van der Waals surface area contributed by atoms with Crippen molar-refractivity contribution in [1.82, 2.24) is 10.3 Å². The lowest BCUT2D eigenvalue weighted by atomic mass is 10.1. The van der Waals surface area contributed by atoms with Crippen molar-refractivity contribution in [1.29, 1.82) is 0 Å². The van der Waals surface area contributed by atoms with E-state index in [2.05, 4.69) is 10.3 Å². The second-order valence-electron chi connectivity index (χ2n) is 6.25. The summed E-state index contributed by atoms with van der Waals surface area (Å²) in [6, 6.07) is 16.9. The molecular formula is C20H18N2O2. The van der Waals surface area contributed by atoms with Gasteiger partial charge < -0.3 is 10.4 Å². The molecular weight excluding hydrogens is 300 g/mol. The maximum atomic E-state index is 12.8. The summed E-state index contributed by atoms with van der Waals surface area (Å²) in [5, 5.41) is 14.2. The second kappa shape index (κ2) is 5.73. The molecule has 0 radical (unpaired) electrons. The summed E-state index contributed by atoms with van der Waals surface area (Å²) in [7, 11) is 0. The van der Waals surface area contributed by atoms with Gasteiger partial charge in [0, 0.05) is 17.5 Å². The molecule has 2 atom stereocenters. The van der Waals surface area contributed by atoms with Crippen LogP contribution in [0, 0.1) is 6.92 Å². The number of aryl methyl sites for hydroxylation is 1. The molecule has 0 aliphatic heterocycles. The van der Waals surface area contributed by atoms with Crippen LogP contribution in [0.1, 0.15) is 33.2 Å². The highest BCUT2D eigenvalue weighted by Crippen LogP contribution is 2.31. The van der Waals surface area contributed by atoms with Gasteiger partial charge in [-0.1, -0.05) is 42.5 Å². The van der Waals surface area contributed by atoms with Crippen LogP contribution in [0.5, 0.6) is 0 Å². The van der Waals surface area contributed by atoms with Crippen LogP contribution < -0.4 is 5.32 Å². The van der Waals surface area contributed by atoms with E-state index in [1.54, 1.807) is 6.07 Å². The highest BCUT2D eigenvalue weighted by Gasteiger charge is 2.32. The largest absolute Gasteiger partial charge is 0.390 e. The summed E-state index contributed by atoms with van der Waals surface area (Å²) < 4.78 is 0. The van der Waals surface area contributed by atoms with Gasteiger partial charge in [0.05, 0.1) is 23.2 Å². The number of carbonyl (C=O) groups is 1. The molecule has 4 rings (SSSR count). The number of carbonyl (C=O) groups excluding carboxylic acids is 1. The van der Waals surface area contributed by atoms with Crippen LogP contribution in [0.25, 0.3) is 10.9 Å². The maximum absolute atomic E-state index is 12.8. The van der Waals surface area contributed by atoms with Crippen LogP contribution in [-0.2, 0) is 6.42 Å². The molecule has 1 heterocycles. The summed E-state index contributed by atoms with van der Waals surface area (Å²) >= 11 is 0. The zero-order valence-electron chi connectivity index (χ0n) is 13.4. The molecule has 24 heavy (non-hydrogen) atoms. The number of nitrogens with zero attached hydrogens (tertiary/aromatic N) is 1. The molecule has 0 bridgehead atoms. The van der Waals surface area contributed by atoms with Crippen LogP contribution in [0.4, 0.5) is 0 Å². The van der Waals surface area contributed by atoms with E-state index in [-0.39, 0.29) is 11.9 Å². The van der Waals surface area contributed by atoms with Gasteiger partial charge in [-0.2, -0.15) is 0 Å². The Morgan fingerprint density at radius 2 is 1.96 bits per heavy atom. The summed E-state index contributed by atoms with van der Waals surface area (Å²) in [6.45, 7) is 1.91. The topological polar surface area (TPSA) is 62.2 Å². The van der Waals surface area contributed by atoms with E-state index in [4.69, 9.17) is 0 Å². The number of fused-ring (bicyclic) bond motifs is 2. The number of aliphatic hydroxyl groups is 1. The van der Waals surface area contributed by atoms with Crippen molar-refractivity contribution < 1.29 is 9.90 Å². The van der Waals surface area contributed by atoms with Gasteiger partial charge in [-0.05, 0) is 30.2 Å². The Labute approximate surface area is 140 Å². The third-order valence-electron chi connectivity index (χ3n) is 4.59. The smallest absolute Gasteiger partial charge is 0.254 e. The van der Waals surface area contributed by atoms with Crippen LogP contribution in [-0.4, -0.2) is 22.1 Å². The van der Waals surface area contributed by atoms with Gasteiger partial charge in [0.15, 0.2) is 0 Å². The van der Waals surface area contributed by atoms with Gasteiger partial charge in [0.25, 0.3) is 5.91 Å². The van der Waals surface area contributed by atoms with Crippen molar-refractivity contribution in [3.8, 4) is 0 Å². The average molecular weight is 318 g/mol. The van der Waals surface area contributed by atoms with E-state index < -0.39 is 6.10 Å². The number of hydrogen-bond donors (Lipinski definition) is 2. The zero-order valence-corrected chi connectivity index (χ0v) is 13.4. The van der Waals surface area contributed by atoms with Crippen molar-refractivity contribution in [2.24, 2.45) is 0 Å². The van der Waals surface area contributed by atoms with E-state index in [1.807, 2.05) is 55.5 Å². The fourth-order valence-electron chi connectivity index (χ4n) is 3.39. The minimum absolute atomic E-state index is 0.209. The molecule has 4 nitrogen and oxygen atoms in total. The molecule has 0 saturated heterocycles. The number of rotatable bonds is 2. The highest BCUT2D eigenvalue weighted by molar-refractivity contribution is 6.05. The number of amides is 1. The number of nitrogens with one attached hydrogen (secondary N) is 1. The Bertz CT molecular complexity index is 936. The quantitative estimate of drug-likeness (QED) is 0.763. The third kappa shape index (κ3) is 2.45. The molecule has 1 aliphatic rings. The van der Waals surface area contributed by atoms with Crippen LogP contribution in [0.15, 0.2) is 54.6 Å². The van der Waals surface area contributed by atoms with Crippen LogP contribution >= 0.6 is 0 Å². The molecule has 0 spiro atoms. The lowest BCUT2D eigenvalue weighted by Crippen LogP contribution is -2.34. The molecule has 2 N–H and O–H groups in total. The van der Waals surface area contributed by atoms with Gasteiger partial charge in [-0.25, -0.2) is 0 Å². The number of pyridine rings is 1. The predicted octanol–water partition coefficient (Wildman–Crippen LogP) is 2.93. The fourth-order valence-corrected chi connectivity index (χ4v) is 3.39. The third-order valence-corrected chi connectivity index (χ3v) is 4.59. The van der Waals surface area contributed by atoms with Gasteiger partial charge in [0.1, 0.15) is 0 Å². The first kappa shape index (κ1) is 14.8. The lowest BCUT2D eigenvalue weighted by Gasteiger charge is -2.18. The minimum Gasteiger partial charge on any atom is -0.390 e. The Hall–Kier alpha value is -2.72. The lowest BCUT2D eigenvalue weighted by molar-refractivity contribution is 0.0859. The second-order valence-corrected chi connectivity index (χ2v) is 6.25. The molecule has 120 valence electrons. The number of hydrogen-bond acceptors (Lipinski definition) is 3. The van der Waals surface area contributed by atoms with Crippen molar-refractivity contribution in [2.45, 2.75) is 25.5 Å². The predicted molar refractivity (Wildman–Crippen MR) is 92.8 cm³/mol. The van der Waals surface area contributed by atoms with Gasteiger partial charge in [-0.3, -0.25) is 9.78 Å². The van der Waals surface area contributed by atoms with Gasteiger partial charge in [-0.15, -0.1) is 0 Å². The van der Waals surface area contributed by atoms with Crippen molar-refractivity contribution in [3.05, 3.63) is 77.0 Å². The molecule has 2 aromatic carbocycles. The number of aromatic nitrogens is 1. The van der Waals surface area contributed by atoms with E-state index in [0.29, 0.717) is 17.5 Å². The first-order valence-corrected chi connectivity index (χ1v) is 8.06. The summed E-state index contributed by atoms with van der Waals surface area (Å²) in [5.41, 5.74) is 4.17. The SMILES string of the molecule is Cc1ccc2cccc(C(=O)NC3c4ccccc4CC3O)c2n1. The Morgan fingerprint density at radius 1 is 1.12 bits per heavy atom. The fraction of sp³-hybridized carbons (Fsp3) is 0.200. The van der Waals surface area contributed by atoms with Crippen LogP contribution in [0.3, 0.4) is 0 Å². The number of benzene rings is 2. The van der Waals surface area contributed by atoms with E-state index in [0.717, 1.165) is 22.2 Å². The monoisotopic (exact) mass is 318 g/mol. The minimum atomic E-state index is -0.601. The standard InChI is InChI=1S/C20H18N2O2/c1-12-9-10-13-6-4-8-16(18(13)21-12)20(24)22-19-15-7-3-2-5-14(15)11-17(19)23/h2-10,17,19,23H,11H2,1H3,(H,22,24). The summed E-state index contributed by atoms with van der Waals surface area (Å²) in [6.07, 6.45) is -0.0374. The maximum Gasteiger partial charge on any atom is 0.254 e. The molecule has 1 aliphatic carbocycles. The molecule has 1 amide bonds. The van der Waals surface area contributed by atoms with Crippen molar-refractivity contribution >= 4 is 16.8 Å². The van der Waals surface area contributed by atoms with Gasteiger partial charge in [0.2, 0.25) is 0 Å². The first-order valence-electron chi connectivity index (χ1n) is 8.06. The highest BCUT2D eigenvalue weighted by atomic mass is 16.3. The molecule has 0 fully saturated rings. The number of para-hydroxylation sites is 1. The Kier molecular flexibility index (Phi) is 3.54. The summed E-state index contributed by atoms with van der Waals surface area (Å²) in [5.74, 6) is -0.209. The molecule has 0 saturated carbocycles. The van der Waals surface area contributed by atoms with Crippen molar-refractivity contribution in [2.75, 3.05) is 0 Å². The molecule has 1 aromatic heterocycles. The molecule has 3 aromatic rings. The van der Waals surface area contributed by atoms with E-state index in [9.17, 15) is 9.90 Å². The summed E-state index contributed by atoms with van der Waals surface area (Å²) in [4.78, 5) is 17.3. The van der Waals surface area contributed by atoms with E-state index in [1.165, 1.54) is 0 Å². The zero-order chi connectivity index (χ0) is 16.7. The van der Waals surface area contributed by atoms with Crippen LogP contribution in [0.2, 0.25) is 0 Å². The Balaban J connectivity index is 1.69. The number of aliphatic hydroxyl groups excluding tert-OH is 1. The normalized spacial score (nSPS) is 19.2. The molecule has 4 heteroatoms. The molecule has 2 unspecified atom stereocenters. The van der Waals surface area contributed by atoms with Gasteiger partial charge >= 0.3 is 0 Å².